The molecule has 0 radical (unpaired) electrons. The van der Waals surface area contributed by atoms with Gasteiger partial charge in [-0.2, -0.15) is 0 Å². The first-order chi connectivity index (χ1) is 8.35. The van der Waals surface area contributed by atoms with E-state index in [0.29, 0.717) is 6.61 Å². The van der Waals surface area contributed by atoms with E-state index in [-0.39, 0.29) is 0 Å². The van der Waals surface area contributed by atoms with E-state index in [0.717, 1.165) is 5.56 Å². The molecule has 1 aromatic carbocycles. The van der Waals surface area contributed by atoms with Crippen molar-refractivity contribution >= 4 is 16.9 Å². The Morgan fingerprint density at radius 3 is 2.22 bits per heavy atom. The van der Waals surface area contributed by atoms with Crippen LogP contribution in [0.4, 0.5) is 0 Å². The molecule has 0 spiro atoms. The molecule has 0 aliphatic rings. The maximum absolute atomic E-state index is 6.17. The summed E-state index contributed by atoms with van der Waals surface area (Å²) in [4.78, 5) is 0. The molecular formula is C14H22O2Si2. The summed E-state index contributed by atoms with van der Waals surface area (Å²) < 4.78 is 11.9. The van der Waals surface area contributed by atoms with Crippen molar-refractivity contribution in [1.29, 1.82) is 0 Å². The highest BCUT2D eigenvalue weighted by molar-refractivity contribution is 6.87. The summed E-state index contributed by atoms with van der Waals surface area (Å²) in [6.45, 7) is 11.1. The van der Waals surface area contributed by atoms with E-state index >= 15 is 0 Å². The molecule has 0 bridgehead atoms. The van der Waals surface area contributed by atoms with Crippen molar-refractivity contribution in [3.63, 3.8) is 0 Å². The van der Waals surface area contributed by atoms with Gasteiger partial charge in [0.2, 0.25) is 0 Å². The molecule has 0 aliphatic heterocycles. The molecule has 0 saturated carbocycles. The van der Waals surface area contributed by atoms with Gasteiger partial charge in [-0.25, -0.2) is 0 Å². The van der Waals surface area contributed by atoms with Crippen molar-refractivity contribution in [3.8, 4) is 11.5 Å². The fourth-order valence-electron chi connectivity index (χ4n) is 1.76. The van der Waals surface area contributed by atoms with Crippen LogP contribution in [0.3, 0.4) is 0 Å². The molecule has 0 atom stereocenters. The molecule has 0 fully saturated rings. The lowest BCUT2D eigenvalue weighted by molar-refractivity contribution is 0.263. The highest BCUT2D eigenvalue weighted by atomic mass is 28.4. The number of hydrogen-bond acceptors (Lipinski definition) is 2. The molecule has 0 heterocycles. The van der Waals surface area contributed by atoms with E-state index in [1.165, 1.54) is 0 Å². The molecule has 0 unspecified atom stereocenters. The molecule has 4 heteroatoms. The Bertz CT molecular complexity index is 430. The monoisotopic (exact) mass is 278 g/mol. The predicted molar refractivity (Wildman–Crippen MR) is 81.0 cm³/mol. The molecule has 2 nitrogen and oxygen atoms in total. The topological polar surface area (TPSA) is 18.5 Å². The van der Waals surface area contributed by atoms with E-state index in [9.17, 15) is 0 Å². The first-order valence-corrected chi connectivity index (χ1v) is 12.0. The minimum absolute atomic E-state index is 0.704. The second-order valence-corrected chi connectivity index (χ2v) is 12.2. The van der Waals surface area contributed by atoms with Crippen LogP contribution in [0, 0.1) is 11.5 Å². The smallest absolute Gasteiger partial charge is 0.322 e. The van der Waals surface area contributed by atoms with Gasteiger partial charge in [0.25, 0.3) is 8.32 Å². The standard InChI is InChI=1S/C14H22O2Si2/c1-6-15-18(4,5)16-17(2,3)13-12-14-10-8-7-9-11-14/h7-11H,6H2,1-5H3. The summed E-state index contributed by atoms with van der Waals surface area (Å²) in [5, 5.41) is 0. The van der Waals surface area contributed by atoms with Gasteiger partial charge >= 0.3 is 8.56 Å². The third-order valence-corrected chi connectivity index (χ3v) is 7.99. The molecule has 0 saturated heterocycles. The minimum Gasteiger partial charge on any atom is -0.426 e. The largest absolute Gasteiger partial charge is 0.426 e. The Hall–Kier alpha value is -0.866. The van der Waals surface area contributed by atoms with Crippen LogP contribution >= 0.6 is 0 Å². The Labute approximate surface area is 113 Å². The van der Waals surface area contributed by atoms with Gasteiger partial charge in [0.15, 0.2) is 0 Å². The Morgan fingerprint density at radius 2 is 1.67 bits per heavy atom. The average Bonchev–Trinajstić information content (AvgIpc) is 2.26. The minimum atomic E-state index is -2.02. The van der Waals surface area contributed by atoms with E-state index in [1.807, 2.05) is 37.3 Å². The average molecular weight is 278 g/mol. The zero-order chi connectivity index (χ0) is 13.6. The molecule has 0 aliphatic carbocycles. The van der Waals surface area contributed by atoms with Gasteiger partial charge in [0.05, 0.1) is 0 Å². The maximum atomic E-state index is 6.17. The second-order valence-electron chi connectivity index (χ2n) is 5.06. The van der Waals surface area contributed by atoms with E-state index < -0.39 is 16.9 Å². The Balaban J connectivity index is 2.74. The van der Waals surface area contributed by atoms with Crippen LogP contribution < -0.4 is 0 Å². The fraction of sp³-hybridized carbons (Fsp3) is 0.429. The molecule has 18 heavy (non-hydrogen) atoms. The summed E-state index contributed by atoms with van der Waals surface area (Å²) in [7, 11) is -4.00. The van der Waals surface area contributed by atoms with Crippen molar-refractivity contribution in [2.75, 3.05) is 6.61 Å². The molecular weight excluding hydrogens is 256 g/mol. The number of benzene rings is 1. The van der Waals surface area contributed by atoms with Gasteiger partial charge < -0.3 is 8.54 Å². The quantitative estimate of drug-likeness (QED) is 0.619. The summed E-state index contributed by atoms with van der Waals surface area (Å²) in [5.74, 6) is 3.20. The van der Waals surface area contributed by atoms with E-state index in [4.69, 9.17) is 8.54 Å². The highest BCUT2D eigenvalue weighted by Crippen LogP contribution is 2.15. The van der Waals surface area contributed by atoms with Gasteiger partial charge in [-0.1, -0.05) is 29.7 Å². The van der Waals surface area contributed by atoms with Gasteiger partial charge in [0.1, 0.15) is 0 Å². The number of rotatable bonds is 4. The van der Waals surface area contributed by atoms with Crippen molar-refractivity contribution in [2.45, 2.75) is 33.1 Å². The maximum Gasteiger partial charge on any atom is 0.322 e. The lowest BCUT2D eigenvalue weighted by Crippen LogP contribution is -2.46. The first kappa shape index (κ1) is 15.2. The predicted octanol–water partition coefficient (Wildman–Crippen LogP) is 3.54. The van der Waals surface area contributed by atoms with Crippen molar-refractivity contribution < 1.29 is 8.54 Å². The van der Waals surface area contributed by atoms with Gasteiger partial charge in [-0.05, 0) is 45.2 Å². The molecule has 0 aromatic heterocycles. The van der Waals surface area contributed by atoms with Crippen LogP contribution in [0.2, 0.25) is 26.2 Å². The third kappa shape index (κ3) is 5.65. The zero-order valence-corrected chi connectivity index (χ0v) is 13.9. The lowest BCUT2D eigenvalue weighted by Gasteiger charge is -2.29. The van der Waals surface area contributed by atoms with Crippen LogP contribution in [0.25, 0.3) is 0 Å². The summed E-state index contributed by atoms with van der Waals surface area (Å²) in [5.41, 5.74) is 4.35. The summed E-state index contributed by atoms with van der Waals surface area (Å²) >= 11 is 0. The van der Waals surface area contributed by atoms with E-state index in [1.54, 1.807) is 0 Å². The molecule has 1 rings (SSSR count). The van der Waals surface area contributed by atoms with Crippen molar-refractivity contribution in [3.05, 3.63) is 35.9 Å². The third-order valence-electron chi connectivity index (χ3n) is 2.27. The molecule has 98 valence electrons. The lowest BCUT2D eigenvalue weighted by atomic mass is 10.2. The fourth-order valence-corrected chi connectivity index (χ4v) is 8.26. The molecule has 1 aromatic rings. The normalized spacial score (nSPS) is 11.8. The van der Waals surface area contributed by atoms with Crippen LogP contribution in [0.1, 0.15) is 12.5 Å². The van der Waals surface area contributed by atoms with Crippen LogP contribution in [0.15, 0.2) is 30.3 Å². The van der Waals surface area contributed by atoms with Gasteiger partial charge in [0, 0.05) is 12.2 Å². The SMILES string of the molecule is CCO[Si](C)(C)O[Si](C)(C)C#Cc1ccccc1. The van der Waals surface area contributed by atoms with Crippen LogP contribution in [-0.2, 0) is 8.54 Å². The highest BCUT2D eigenvalue weighted by Gasteiger charge is 2.33. The second kappa shape index (κ2) is 6.34. The van der Waals surface area contributed by atoms with Crippen LogP contribution in [-0.4, -0.2) is 23.5 Å². The molecule has 0 amide bonds. The zero-order valence-electron chi connectivity index (χ0n) is 11.9. The first-order valence-electron chi connectivity index (χ1n) is 6.27. The summed E-state index contributed by atoms with van der Waals surface area (Å²) in [6, 6.07) is 10.0. The Morgan fingerprint density at radius 1 is 1.06 bits per heavy atom. The van der Waals surface area contributed by atoms with Crippen molar-refractivity contribution in [1.82, 2.24) is 0 Å². The van der Waals surface area contributed by atoms with E-state index in [2.05, 4.69) is 37.7 Å². The summed E-state index contributed by atoms with van der Waals surface area (Å²) in [6.07, 6.45) is 0. The number of hydrogen-bond donors (Lipinski definition) is 0. The van der Waals surface area contributed by atoms with Gasteiger partial charge in [-0.15, -0.1) is 0 Å². The van der Waals surface area contributed by atoms with Crippen LogP contribution in [0.5, 0.6) is 0 Å². The van der Waals surface area contributed by atoms with Crippen molar-refractivity contribution in [2.24, 2.45) is 0 Å². The molecule has 0 N–H and O–H groups in total. The Kier molecular flexibility index (Phi) is 5.35. The van der Waals surface area contributed by atoms with Gasteiger partial charge in [-0.3, -0.25) is 0 Å².